The van der Waals surface area contributed by atoms with Gasteiger partial charge >= 0.3 is 0 Å². The van der Waals surface area contributed by atoms with Gasteiger partial charge in [0.25, 0.3) is 0 Å². The molecule has 6 rings (SSSR count). The number of aromatic nitrogens is 1. The number of rotatable bonds is 7. The second-order valence-corrected chi connectivity index (χ2v) is 10.9. The number of aromatic amines is 1. The third-order valence-electron chi connectivity index (χ3n) is 7.55. The van der Waals surface area contributed by atoms with Crippen LogP contribution < -0.4 is 4.74 Å². The van der Waals surface area contributed by atoms with Gasteiger partial charge in [-0.05, 0) is 102 Å². The Hall–Kier alpha value is -3.50. The third kappa shape index (κ3) is 5.17. The van der Waals surface area contributed by atoms with E-state index in [-0.39, 0.29) is 5.92 Å². The Morgan fingerprint density at radius 3 is 2.54 bits per heavy atom. The van der Waals surface area contributed by atoms with E-state index in [1.54, 1.807) is 0 Å². The molecule has 0 aliphatic heterocycles. The molecule has 2 N–H and O–H groups in total. The second-order valence-electron chi connectivity index (χ2n) is 9.96. The van der Waals surface area contributed by atoms with Crippen molar-refractivity contribution in [2.75, 3.05) is 6.61 Å². The molecule has 4 heteroatoms. The van der Waals surface area contributed by atoms with E-state index in [4.69, 9.17) is 4.74 Å². The minimum atomic E-state index is 0.253. The van der Waals surface area contributed by atoms with Gasteiger partial charge in [-0.15, -0.1) is 0 Å². The zero-order valence-electron chi connectivity index (χ0n) is 20.7. The first kappa shape index (κ1) is 23.9. The molecule has 2 atom stereocenters. The molecule has 186 valence electrons. The van der Waals surface area contributed by atoms with E-state index >= 15 is 0 Å². The van der Waals surface area contributed by atoms with E-state index in [1.807, 2.05) is 12.1 Å². The number of benzene rings is 4. The summed E-state index contributed by atoms with van der Waals surface area (Å²) in [6.07, 6.45) is 3.95. The summed E-state index contributed by atoms with van der Waals surface area (Å²) in [6.45, 7) is 0.677. The maximum atomic E-state index is 10.1. The van der Waals surface area contributed by atoms with Gasteiger partial charge in [-0.3, -0.25) is 0 Å². The molecule has 2 unspecified atom stereocenters. The smallest absolute Gasteiger partial charge is 0.119 e. The van der Waals surface area contributed by atoms with E-state index in [2.05, 4.69) is 106 Å². The summed E-state index contributed by atoms with van der Waals surface area (Å²) in [5.74, 6) is 1.91. The molecule has 0 bridgehead atoms. The van der Waals surface area contributed by atoms with Crippen molar-refractivity contribution in [3.8, 4) is 11.5 Å². The summed E-state index contributed by atoms with van der Waals surface area (Å²) in [4.78, 5) is 3.50. The molecule has 5 aromatic rings. The van der Waals surface area contributed by atoms with Crippen molar-refractivity contribution in [2.24, 2.45) is 0 Å². The lowest BCUT2D eigenvalue weighted by Crippen LogP contribution is -2.20. The monoisotopic (exact) mass is 551 g/mol. The van der Waals surface area contributed by atoms with E-state index in [9.17, 15) is 5.11 Å². The van der Waals surface area contributed by atoms with Gasteiger partial charge in [0.1, 0.15) is 11.5 Å². The fourth-order valence-corrected chi connectivity index (χ4v) is 6.18. The SMILES string of the molecule is Oc1ccc2c(c1)CCC(c1ccccc1)C2c1ccc(OCCCc2cc3cc(Br)ccc3[nH]2)cc1. The quantitative estimate of drug-likeness (QED) is 0.199. The van der Waals surface area contributed by atoms with E-state index < -0.39 is 0 Å². The molecule has 0 radical (unpaired) electrons. The summed E-state index contributed by atoms with van der Waals surface area (Å²) < 4.78 is 7.20. The molecule has 1 aliphatic rings. The molecule has 0 fully saturated rings. The van der Waals surface area contributed by atoms with E-state index in [0.717, 1.165) is 35.9 Å². The third-order valence-corrected chi connectivity index (χ3v) is 8.05. The first-order valence-corrected chi connectivity index (χ1v) is 13.8. The van der Waals surface area contributed by atoms with Crippen molar-refractivity contribution in [2.45, 2.75) is 37.5 Å². The number of H-pyrrole nitrogens is 1. The van der Waals surface area contributed by atoms with Crippen molar-refractivity contribution < 1.29 is 9.84 Å². The van der Waals surface area contributed by atoms with Crippen LogP contribution in [0.25, 0.3) is 10.9 Å². The van der Waals surface area contributed by atoms with Gasteiger partial charge in [-0.2, -0.15) is 0 Å². The number of nitrogens with one attached hydrogen (secondary N) is 1. The zero-order valence-corrected chi connectivity index (χ0v) is 22.2. The summed E-state index contributed by atoms with van der Waals surface area (Å²) in [5.41, 5.74) is 7.63. The number of phenolic OH excluding ortho intramolecular Hbond substituents is 1. The number of aromatic hydroxyl groups is 1. The Bertz CT molecular complexity index is 1510. The predicted octanol–water partition coefficient (Wildman–Crippen LogP) is 8.51. The number of hydrogen-bond acceptors (Lipinski definition) is 2. The van der Waals surface area contributed by atoms with Gasteiger partial charge in [0.05, 0.1) is 6.61 Å². The van der Waals surface area contributed by atoms with Crippen LogP contribution in [0.1, 0.15) is 52.6 Å². The Kier molecular flexibility index (Phi) is 6.75. The van der Waals surface area contributed by atoms with Gasteiger partial charge < -0.3 is 14.8 Å². The highest BCUT2D eigenvalue weighted by atomic mass is 79.9. The molecule has 0 spiro atoms. The molecule has 1 heterocycles. The van der Waals surface area contributed by atoms with Crippen LogP contribution in [0.15, 0.2) is 102 Å². The van der Waals surface area contributed by atoms with Crippen LogP contribution in [-0.2, 0) is 12.8 Å². The highest BCUT2D eigenvalue weighted by Gasteiger charge is 2.32. The van der Waals surface area contributed by atoms with Crippen molar-refractivity contribution in [3.63, 3.8) is 0 Å². The molecule has 1 aromatic heterocycles. The number of aryl methyl sites for hydroxylation is 2. The van der Waals surface area contributed by atoms with Crippen molar-refractivity contribution in [1.82, 2.24) is 4.98 Å². The minimum absolute atomic E-state index is 0.253. The van der Waals surface area contributed by atoms with E-state index in [1.165, 1.54) is 38.9 Å². The molecule has 0 saturated carbocycles. The molecule has 4 aromatic carbocycles. The number of fused-ring (bicyclic) bond motifs is 2. The van der Waals surface area contributed by atoms with Crippen LogP contribution in [0.3, 0.4) is 0 Å². The van der Waals surface area contributed by atoms with Crippen molar-refractivity contribution in [3.05, 3.63) is 129 Å². The van der Waals surface area contributed by atoms with Gasteiger partial charge in [-0.25, -0.2) is 0 Å². The van der Waals surface area contributed by atoms with Crippen LogP contribution in [0.2, 0.25) is 0 Å². The second kappa shape index (κ2) is 10.5. The Labute approximate surface area is 226 Å². The maximum Gasteiger partial charge on any atom is 0.119 e. The van der Waals surface area contributed by atoms with Crippen LogP contribution in [0.5, 0.6) is 11.5 Å². The summed E-state index contributed by atoms with van der Waals surface area (Å²) >= 11 is 3.54. The van der Waals surface area contributed by atoms with Crippen molar-refractivity contribution in [1.29, 1.82) is 0 Å². The zero-order chi connectivity index (χ0) is 25.2. The summed E-state index contributed by atoms with van der Waals surface area (Å²) in [5, 5.41) is 11.3. The first-order valence-electron chi connectivity index (χ1n) is 13.0. The number of ether oxygens (including phenoxy) is 1. The standard InChI is InChI=1S/C33H30BrNO2/c34-26-11-17-32-25(19-26)20-27(35-32)7-4-18-37-29-13-8-23(9-14-29)33-30(22-5-2-1-3-6-22)15-10-24-21-28(36)12-16-31(24)33/h1-3,5-6,8-9,11-14,16-17,19-21,30,33,35-36H,4,7,10,15,18H2. The molecule has 1 aliphatic carbocycles. The molecular weight excluding hydrogens is 522 g/mol. The average molecular weight is 553 g/mol. The molecular formula is C33H30BrNO2. The minimum Gasteiger partial charge on any atom is -0.508 e. The Morgan fingerprint density at radius 2 is 1.70 bits per heavy atom. The average Bonchev–Trinajstić information content (AvgIpc) is 3.33. The Balaban J connectivity index is 1.15. The maximum absolute atomic E-state index is 10.1. The van der Waals surface area contributed by atoms with Crippen LogP contribution in [0, 0.1) is 0 Å². The molecule has 0 saturated heterocycles. The first-order chi connectivity index (χ1) is 18.1. The molecule has 0 amide bonds. The largest absolute Gasteiger partial charge is 0.508 e. The highest BCUT2D eigenvalue weighted by molar-refractivity contribution is 9.10. The summed E-state index contributed by atoms with van der Waals surface area (Å²) in [7, 11) is 0. The molecule has 3 nitrogen and oxygen atoms in total. The Morgan fingerprint density at radius 1 is 0.865 bits per heavy atom. The van der Waals surface area contributed by atoms with E-state index in [0.29, 0.717) is 18.3 Å². The number of phenols is 1. The lowest BCUT2D eigenvalue weighted by Gasteiger charge is -2.34. The lowest BCUT2D eigenvalue weighted by molar-refractivity contribution is 0.310. The number of halogens is 1. The van der Waals surface area contributed by atoms with Gasteiger partial charge in [0.15, 0.2) is 0 Å². The lowest BCUT2D eigenvalue weighted by atomic mass is 9.69. The predicted molar refractivity (Wildman–Crippen MR) is 154 cm³/mol. The van der Waals surface area contributed by atoms with Gasteiger partial charge in [-0.1, -0.05) is 64.5 Å². The van der Waals surface area contributed by atoms with Crippen LogP contribution in [-0.4, -0.2) is 16.7 Å². The highest BCUT2D eigenvalue weighted by Crippen LogP contribution is 2.47. The van der Waals surface area contributed by atoms with Gasteiger partial charge in [0.2, 0.25) is 0 Å². The van der Waals surface area contributed by atoms with Crippen LogP contribution >= 0.6 is 15.9 Å². The number of hydrogen-bond donors (Lipinski definition) is 2. The normalized spacial score (nSPS) is 17.0. The summed E-state index contributed by atoms with van der Waals surface area (Å²) in [6, 6.07) is 33.9. The van der Waals surface area contributed by atoms with Crippen LogP contribution in [0.4, 0.5) is 0 Å². The topological polar surface area (TPSA) is 45.2 Å². The molecule has 37 heavy (non-hydrogen) atoms. The van der Waals surface area contributed by atoms with Gasteiger partial charge in [0, 0.05) is 27.0 Å². The van der Waals surface area contributed by atoms with Crippen molar-refractivity contribution >= 4 is 26.8 Å². The fraction of sp³-hybridized carbons (Fsp3) is 0.212. The fourth-order valence-electron chi connectivity index (χ4n) is 5.80.